The van der Waals surface area contributed by atoms with Crippen molar-refractivity contribution in [3.8, 4) is 5.75 Å². The van der Waals surface area contributed by atoms with E-state index in [2.05, 4.69) is 25.3 Å². The van der Waals surface area contributed by atoms with Crippen molar-refractivity contribution in [1.29, 1.82) is 0 Å². The van der Waals surface area contributed by atoms with Crippen LogP contribution in [0.25, 0.3) is 0 Å². The minimum Gasteiger partial charge on any atom is -0.496 e. The van der Waals surface area contributed by atoms with Crippen molar-refractivity contribution in [3.63, 3.8) is 0 Å². The minimum atomic E-state index is -0.0287. The van der Waals surface area contributed by atoms with Crippen molar-refractivity contribution in [2.45, 2.75) is 26.3 Å². The van der Waals surface area contributed by atoms with Gasteiger partial charge in [0, 0.05) is 10.6 Å². The molecule has 1 atom stereocenters. The highest BCUT2D eigenvalue weighted by Crippen LogP contribution is 2.32. The number of nitrogens with two attached hydrogens (primary N) is 1. The Morgan fingerprint density at radius 3 is 2.62 bits per heavy atom. The zero-order valence-corrected chi connectivity index (χ0v) is 13.4. The molecule has 0 spiro atoms. The molecule has 112 valence electrons. The lowest BCUT2D eigenvalue weighted by Gasteiger charge is -2.22. The predicted molar refractivity (Wildman–Crippen MR) is 87.7 cm³/mol. The number of rotatable bonds is 5. The van der Waals surface area contributed by atoms with E-state index in [1.54, 1.807) is 7.11 Å². The van der Waals surface area contributed by atoms with E-state index in [1.807, 2.05) is 30.3 Å². The molecule has 1 unspecified atom stereocenters. The van der Waals surface area contributed by atoms with Crippen LogP contribution in [0.3, 0.4) is 0 Å². The fraction of sp³-hybridized carbons (Fsp3) is 0.294. The Bertz CT molecular complexity index is 628. The Hall–Kier alpha value is -1.55. The lowest BCUT2D eigenvalue weighted by Crippen LogP contribution is -2.30. The van der Waals surface area contributed by atoms with Crippen LogP contribution in [-0.4, -0.2) is 7.11 Å². The van der Waals surface area contributed by atoms with E-state index in [0.717, 1.165) is 33.9 Å². The number of hydrogen-bond donors (Lipinski definition) is 2. The Morgan fingerprint density at radius 2 is 2.00 bits per heavy atom. The maximum absolute atomic E-state index is 6.05. The zero-order valence-electron chi connectivity index (χ0n) is 12.6. The first-order valence-electron chi connectivity index (χ1n) is 6.91. The molecule has 0 aliphatic carbocycles. The summed E-state index contributed by atoms with van der Waals surface area (Å²) < 4.78 is 5.53. The molecule has 2 aromatic carbocycles. The number of halogens is 1. The summed E-state index contributed by atoms with van der Waals surface area (Å²) in [6.07, 6.45) is 0.747. The molecule has 21 heavy (non-hydrogen) atoms. The van der Waals surface area contributed by atoms with Gasteiger partial charge in [-0.1, -0.05) is 29.8 Å². The van der Waals surface area contributed by atoms with Crippen LogP contribution in [-0.2, 0) is 6.42 Å². The van der Waals surface area contributed by atoms with E-state index in [4.69, 9.17) is 22.2 Å². The van der Waals surface area contributed by atoms with E-state index in [0.29, 0.717) is 0 Å². The van der Waals surface area contributed by atoms with Gasteiger partial charge < -0.3 is 4.74 Å². The Labute approximate surface area is 131 Å². The van der Waals surface area contributed by atoms with E-state index in [1.165, 1.54) is 5.56 Å². The van der Waals surface area contributed by atoms with Gasteiger partial charge >= 0.3 is 0 Å². The molecule has 0 aromatic heterocycles. The largest absolute Gasteiger partial charge is 0.496 e. The standard InChI is InChI=1S/C17H21ClN2O/c1-11-7-12(2)17(16(8-11)21-3)15(20-19)10-13-5-4-6-14(18)9-13/h4-9,15,20H,10,19H2,1-3H3. The van der Waals surface area contributed by atoms with E-state index in [-0.39, 0.29) is 6.04 Å². The average molecular weight is 305 g/mol. The topological polar surface area (TPSA) is 47.3 Å². The second-order valence-electron chi connectivity index (χ2n) is 5.25. The Morgan fingerprint density at radius 1 is 1.24 bits per heavy atom. The maximum Gasteiger partial charge on any atom is 0.124 e. The summed E-state index contributed by atoms with van der Waals surface area (Å²) in [5.41, 5.74) is 7.46. The Balaban J connectivity index is 2.37. The van der Waals surface area contributed by atoms with Crippen molar-refractivity contribution in [2.75, 3.05) is 7.11 Å². The van der Waals surface area contributed by atoms with Crippen LogP contribution in [0.4, 0.5) is 0 Å². The first-order valence-corrected chi connectivity index (χ1v) is 7.28. The van der Waals surface area contributed by atoms with E-state index in [9.17, 15) is 0 Å². The number of hydrogen-bond acceptors (Lipinski definition) is 3. The molecule has 0 heterocycles. The molecule has 0 amide bonds. The number of aryl methyl sites for hydroxylation is 2. The van der Waals surface area contributed by atoms with Crippen LogP contribution in [0.5, 0.6) is 5.75 Å². The number of methoxy groups -OCH3 is 1. The number of ether oxygens (including phenoxy) is 1. The number of nitrogens with one attached hydrogen (secondary N) is 1. The third-order valence-electron chi connectivity index (χ3n) is 3.59. The zero-order chi connectivity index (χ0) is 15.4. The molecule has 0 radical (unpaired) electrons. The van der Waals surface area contributed by atoms with E-state index >= 15 is 0 Å². The average Bonchev–Trinajstić information content (AvgIpc) is 2.44. The molecule has 0 fully saturated rings. The van der Waals surface area contributed by atoms with Gasteiger partial charge in [0.1, 0.15) is 5.75 Å². The summed E-state index contributed by atoms with van der Waals surface area (Å²) in [5, 5.41) is 0.732. The molecule has 0 bridgehead atoms. The summed E-state index contributed by atoms with van der Waals surface area (Å²) in [7, 11) is 1.69. The normalized spacial score (nSPS) is 12.2. The second-order valence-corrected chi connectivity index (χ2v) is 5.69. The lowest BCUT2D eigenvalue weighted by atomic mass is 9.93. The lowest BCUT2D eigenvalue weighted by molar-refractivity contribution is 0.398. The molecular formula is C17H21ClN2O. The molecule has 2 rings (SSSR count). The van der Waals surface area contributed by atoms with Gasteiger partial charge in [-0.25, -0.2) is 0 Å². The number of benzene rings is 2. The van der Waals surface area contributed by atoms with Gasteiger partial charge in [-0.2, -0.15) is 0 Å². The Kier molecular flexibility index (Phi) is 5.23. The molecule has 3 N–H and O–H groups in total. The smallest absolute Gasteiger partial charge is 0.124 e. The van der Waals surface area contributed by atoms with Crippen molar-refractivity contribution in [3.05, 3.63) is 63.7 Å². The molecule has 0 aliphatic rings. The summed E-state index contributed by atoms with van der Waals surface area (Å²) in [5.74, 6) is 6.64. The highest BCUT2D eigenvalue weighted by molar-refractivity contribution is 6.30. The van der Waals surface area contributed by atoms with Crippen LogP contribution in [0, 0.1) is 13.8 Å². The van der Waals surface area contributed by atoms with Crippen molar-refractivity contribution >= 4 is 11.6 Å². The van der Waals surface area contributed by atoms with Gasteiger partial charge in [0.2, 0.25) is 0 Å². The van der Waals surface area contributed by atoms with Gasteiger partial charge in [-0.3, -0.25) is 11.3 Å². The van der Waals surface area contributed by atoms with Crippen LogP contribution < -0.4 is 16.0 Å². The highest BCUT2D eigenvalue weighted by Gasteiger charge is 2.18. The van der Waals surface area contributed by atoms with Crippen molar-refractivity contribution in [1.82, 2.24) is 5.43 Å². The molecule has 0 saturated carbocycles. The van der Waals surface area contributed by atoms with Gasteiger partial charge in [0.05, 0.1) is 13.2 Å². The van der Waals surface area contributed by atoms with Crippen LogP contribution in [0.1, 0.15) is 28.3 Å². The predicted octanol–water partition coefficient (Wildman–Crippen LogP) is 3.71. The van der Waals surface area contributed by atoms with Gasteiger partial charge in [-0.15, -0.1) is 0 Å². The van der Waals surface area contributed by atoms with Crippen molar-refractivity contribution < 1.29 is 4.74 Å². The molecular weight excluding hydrogens is 284 g/mol. The third kappa shape index (κ3) is 3.76. The van der Waals surface area contributed by atoms with Gasteiger partial charge in [-0.05, 0) is 55.2 Å². The van der Waals surface area contributed by atoms with Gasteiger partial charge in [0.25, 0.3) is 0 Å². The van der Waals surface area contributed by atoms with Crippen LogP contribution >= 0.6 is 11.6 Å². The maximum atomic E-state index is 6.05. The fourth-order valence-electron chi connectivity index (χ4n) is 2.70. The first kappa shape index (κ1) is 15.8. The van der Waals surface area contributed by atoms with Crippen LogP contribution in [0.2, 0.25) is 5.02 Å². The molecule has 2 aromatic rings. The monoisotopic (exact) mass is 304 g/mol. The minimum absolute atomic E-state index is 0.0287. The fourth-order valence-corrected chi connectivity index (χ4v) is 2.91. The first-order chi connectivity index (χ1) is 10.0. The highest BCUT2D eigenvalue weighted by atomic mass is 35.5. The molecule has 0 aliphatic heterocycles. The summed E-state index contributed by atoms with van der Waals surface area (Å²) in [6.45, 7) is 4.13. The third-order valence-corrected chi connectivity index (χ3v) is 3.83. The molecule has 3 nitrogen and oxygen atoms in total. The summed E-state index contributed by atoms with van der Waals surface area (Å²) in [6, 6.07) is 12.0. The van der Waals surface area contributed by atoms with E-state index < -0.39 is 0 Å². The van der Waals surface area contributed by atoms with Crippen molar-refractivity contribution in [2.24, 2.45) is 5.84 Å². The summed E-state index contributed by atoms with van der Waals surface area (Å²) >= 11 is 6.05. The number of hydrazine groups is 1. The molecule has 0 saturated heterocycles. The summed E-state index contributed by atoms with van der Waals surface area (Å²) in [4.78, 5) is 0. The molecule has 4 heteroatoms. The second kappa shape index (κ2) is 6.94. The van der Waals surface area contributed by atoms with Crippen LogP contribution in [0.15, 0.2) is 36.4 Å². The SMILES string of the molecule is COc1cc(C)cc(C)c1C(Cc1cccc(Cl)c1)NN. The van der Waals surface area contributed by atoms with Gasteiger partial charge in [0.15, 0.2) is 0 Å². The quantitative estimate of drug-likeness (QED) is 0.654.